The lowest BCUT2D eigenvalue weighted by Gasteiger charge is -2.28. The molecule has 0 atom stereocenters. The van der Waals surface area contributed by atoms with E-state index in [1.54, 1.807) is 12.1 Å². The van der Waals surface area contributed by atoms with Crippen LogP contribution in [-0.4, -0.2) is 32.2 Å². The summed E-state index contributed by atoms with van der Waals surface area (Å²) >= 11 is 0. The van der Waals surface area contributed by atoms with Crippen LogP contribution in [0.5, 0.6) is 5.75 Å². The van der Waals surface area contributed by atoms with Crippen LogP contribution in [0.1, 0.15) is 15.9 Å². The van der Waals surface area contributed by atoms with Crippen molar-refractivity contribution in [2.75, 3.05) is 36.5 Å². The van der Waals surface area contributed by atoms with Crippen molar-refractivity contribution < 1.29 is 14.3 Å². The fourth-order valence-corrected chi connectivity index (χ4v) is 3.22. The normalized spacial score (nSPS) is 13.7. The Morgan fingerprint density at radius 1 is 0.897 bits per heavy atom. The van der Waals surface area contributed by atoms with Crippen LogP contribution in [0.4, 0.5) is 11.4 Å². The quantitative estimate of drug-likeness (QED) is 0.682. The van der Waals surface area contributed by atoms with Crippen molar-refractivity contribution in [1.29, 1.82) is 0 Å². The van der Waals surface area contributed by atoms with Gasteiger partial charge in [0.25, 0.3) is 5.91 Å². The van der Waals surface area contributed by atoms with E-state index in [2.05, 4.69) is 10.2 Å². The Hall–Kier alpha value is -3.31. The summed E-state index contributed by atoms with van der Waals surface area (Å²) in [6.07, 6.45) is 0. The minimum absolute atomic E-state index is 0.140. The summed E-state index contributed by atoms with van der Waals surface area (Å²) in [4.78, 5) is 14.8. The highest BCUT2D eigenvalue weighted by Gasteiger charge is 2.11. The highest BCUT2D eigenvalue weighted by Crippen LogP contribution is 2.20. The monoisotopic (exact) mass is 388 g/mol. The number of benzene rings is 3. The largest absolute Gasteiger partial charge is 0.489 e. The Labute approximate surface area is 170 Å². The molecular formula is C24H24N2O3. The molecule has 5 heteroatoms. The van der Waals surface area contributed by atoms with Crippen molar-refractivity contribution in [3.8, 4) is 5.75 Å². The van der Waals surface area contributed by atoms with Crippen molar-refractivity contribution in [3.63, 3.8) is 0 Å². The van der Waals surface area contributed by atoms with Crippen LogP contribution >= 0.6 is 0 Å². The van der Waals surface area contributed by atoms with Crippen molar-refractivity contribution in [2.45, 2.75) is 6.61 Å². The molecule has 148 valence electrons. The molecule has 0 spiro atoms. The Balaban J connectivity index is 1.32. The van der Waals surface area contributed by atoms with Gasteiger partial charge in [0.1, 0.15) is 12.4 Å². The molecule has 1 amide bonds. The van der Waals surface area contributed by atoms with Crippen molar-refractivity contribution in [1.82, 2.24) is 0 Å². The van der Waals surface area contributed by atoms with Gasteiger partial charge >= 0.3 is 0 Å². The second-order valence-corrected chi connectivity index (χ2v) is 6.90. The highest BCUT2D eigenvalue weighted by atomic mass is 16.5. The lowest BCUT2D eigenvalue weighted by molar-refractivity contribution is 0.102. The smallest absolute Gasteiger partial charge is 0.255 e. The average Bonchev–Trinajstić information content (AvgIpc) is 2.80. The molecule has 5 nitrogen and oxygen atoms in total. The first-order valence-corrected chi connectivity index (χ1v) is 9.79. The maximum atomic E-state index is 12.5. The third-order valence-corrected chi connectivity index (χ3v) is 4.87. The number of hydrogen-bond acceptors (Lipinski definition) is 4. The van der Waals surface area contributed by atoms with Crippen LogP contribution in [-0.2, 0) is 11.3 Å². The minimum Gasteiger partial charge on any atom is -0.489 e. The number of anilines is 2. The molecule has 1 aliphatic heterocycles. The molecule has 1 saturated heterocycles. The zero-order chi connectivity index (χ0) is 19.9. The summed E-state index contributed by atoms with van der Waals surface area (Å²) in [7, 11) is 0. The summed E-state index contributed by atoms with van der Waals surface area (Å²) in [6, 6.07) is 25.1. The lowest BCUT2D eigenvalue weighted by Crippen LogP contribution is -2.36. The first kappa shape index (κ1) is 19.0. The molecule has 3 aromatic carbocycles. The van der Waals surface area contributed by atoms with E-state index in [1.807, 2.05) is 66.7 Å². The van der Waals surface area contributed by atoms with Gasteiger partial charge in [0.15, 0.2) is 0 Å². The summed E-state index contributed by atoms with van der Waals surface area (Å²) < 4.78 is 11.2. The molecule has 0 aliphatic carbocycles. The van der Waals surface area contributed by atoms with Gasteiger partial charge in [0.2, 0.25) is 0 Å². The van der Waals surface area contributed by atoms with E-state index in [-0.39, 0.29) is 5.91 Å². The van der Waals surface area contributed by atoms with E-state index in [9.17, 15) is 4.79 Å². The number of amides is 1. The number of nitrogens with zero attached hydrogens (tertiary/aromatic N) is 1. The Kier molecular flexibility index (Phi) is 6.07. The first-order valence-electron chi connectivity index (χ1n) is 9.79. The van der Waals surface area contributed by atoms with E-state index in [0.29, 0.717) is 12.2 Å². The molecule has 1 fully saturated rings. The van der Waals surface area contributed by atoms with Crippen molar-refractivity contribution in [2.24, 2.45) is 0 Å². The van der Waals surface area contributed by atoms with Gasteiger partial charge in [0.05, 0.1) is 13.2 Å². The molecule has 0 saturated carbocycles. The number of carbonyl (C=O) groups excluding carboxylic acids is 1. The highest BCUT2D eigenvalue weighted by molar-refractivity contribution is 6.04. The lowest BCUT2D eigenvalue weighted by atomic mass is 10.2. The minimum atomic E-state index is -0.140. The molecule has 1 heterocycles. The van der Waals surface area contributed by atoms with E-state index in [4.69, 9.17) is 9.47 Å². The summed E-state index contributed by atoms with van der Waals surface area (Å²) in [5.74, 6) is 0.596. The zero-order valence-corrected chi connectivity index (χ0v) is 16.2. The number of morpholine rings is 1. The van der Waals surface area contributed by atoms with Crippen LogP contribution in [0.15, 0.2) is 78.9 Å². The first-order chi connectivity index (χ1) is 14.3. The molecule has 0 radical (unpaired) electrons. The number of ether oxygens (including phenoxy) is 2. The second-order valence-electron chi connectivity index (χ2n) is 6.90. The van der Waals surface area contributed by atoms with E-state index < -0.39 is 0 Å². The molecule has 1 N–H and O–H groups in total. The van der Waals surface area contributed by atoms with Gasteiger partial charge in [0, 0.05) is 30.0 Å². The number of carbonyl (C=O) groups is 1. The van der Waals surface area contributed by atoms with Crippen molar-refractivity contribution >= 4 is 17.3 Å². The topological polar surface area (TPSA) is 50.8 Å². The molecule has 0 unspecified atom stereocenters. The fraction of sp³-hybridized carbons (Fsp3) is 0.208. The Bertz CT molecular complexity index is 919. The second kappa shape index (κ2) is 9.26. The summed E-state index contributed by atoms with van der Waals surface area (Å²) in [5, 5.41) is 2.94. The fourth-order valence-electron chi connectivity index (χ4n) is 3.22. The van der Waals surface area contributed by atoms with Gasteiger partial charge in [-0.2, -0.15) is 0 Å². The molecule has 0 aromatic heterocycles. The predicted octanol–water partition coefficient (Wildman–Crippen LogP) is 4.35. The predicted molar refractivity (Wildman–Crippen MR) is 115 cm³/mol. The van der Waals surface area contributed by atoms with E-state index >= 15 is 0 Å². The Morgan fingerprint density at radius 3 is 2.28 bits per heavy atom. The maximum absolute atomic E-state index is 12.5. The van der Waals surface area contributed by atoms with Gasteiger partial charge in [-0.15, -0.1) is 0 Å². The number of hydrogen-bond donors (Lipinski definition) is 1. The van der Waals surface area contributed by atoms with Gasteiger partial charge in [-0.3, -0.25) is 4.79 Å². The van der Waals surface area contributed by atoms with Gasteiger partial charge in [-0.1, -0.05) is 30.3 Å². The third kappa shape index (κ3) is 5.15. The summed E-state index contributed by atoms with van der Waals surface area (Å²) in [5.41, 5.74) is 3.62. The molecular weight excluding hydrogens is 364 g/mol. The van der Waals surface area contributed by atoms with E-state index in [0.717, 1.165) is 49.0 Å². The molecule has 1 aliphatic rings. The summed E-state index contributed by atoms with van der Waals surface area (Å²) in [6.45, 7) is 3.80. The van der Waals surface area contributed by atoms with Crippen LogP contribution in [0.25, 0.3) is 0 Å². The third-order valence-electron chi connectivity index (χ3n) is 4.87. The molecule has 4 rings (SSSR count). The van der Waals surface area contributed by atoms with Crippen molar-refractivity contribution in [3.05, 3.63) is 90.0 Å². The maximum Gasteiger partial charge on any atom is 0.255 e. The van der Waals surface area contributed by atoms with E-state index in [1.165, 1.54) is 0 Å². The standard InChI is InChI=1S/C24H24N2O3/c27-24(25-21-8-10-22(11-9-21)26-14-16-28-17-15-26)20-6-12-23(13-7-20)29-18-19-4-2-1-3-5-19/h1-13H,14-18H2,(H,25,27). The molecule has 29 heavy (non-hydrogen) atoms. The van der Waals surface area contributed by atoms with Crippen LogP contribution in [0.2, 0.25) is 0 Å². The SMILES string of the molecule is O=C(Nc1ccc(N2CCOCC2)cc1)c1ccc(OCc2ccccc2)cc1. The average molecular weight is 388 g/mol. The van der Waals surface area contributed by atoms with Gasteiger partial charge < -0.3 is 19.7 Å². The molecule has 3 aromatic rings. The van der Waals surface area contributed by atoms with Crippen LogP contribution < -0.4 is 15.0 Å². The number of rotatable bonds is 6. The van der Waals surface area contributed by atoms with Crippen LogP contribution in [0, 0.1) is 0 Å². The van der Waals surface area contributed by atoms with Crippen LogP contribution in [0.3, 0.4) is 0 Å². The number of nitrogens with one attached hydrogen (secondary N) is 1. The Morgan fingerprint density at radius 2 is 1.59 bits per heavy atom. The molecule has 0 bridgehead atoms. The van der Waals surface area contributed by atoms with Gasteiger partial charge in [-0.05, 0) is 54.1 Å². The zero-order valence-electron chi connectivity index (χ0n) is 16.2. The van der Waals surface area contributed by atoms with Gasteiger partial charge in [-0.25, -0.2) is 0 Å².